The Morgan fingerprint density at radius 2 is 2.00 bits per heavy atom. The van der Waals surface area contributed by atoms with E-state index >= 15 is 0 Å². The Hall–Kier alpha value is -2.16. The second-order valence-corrected chi connectivity index (χ2v) is 6.22. The number of pyridine rings is 1. The van der Waals surface area contributed by atoms with E-state index in [0.29, 0.717) is 12.5 Å². The molecule has 0 radical (unpaired) electrons. The van der Waals surface area contributed by atoms with Crippen molar-refractivity contribution in [1.29, 1.82) is 0 Å². The van der Waals surface area contributed by atoms with Gasteiger partial charge >= 0.3 is 0 Å². The molecule has 3 aromatic rings. The molecule has 1 aliphatic carbocycles. The zero-order valence-electron chi connectivity index (χ0n) is 14.7. The second kappa shape index (κ2) is 8.48. The van der Waals surface area contributed by atoms with Gasteiger partial charge in [0.2, 0.25) is 0 Å². The lowest BCUT2D eigenvalue weighted by molar-refractivity contribution is 0.583. The molecule has 1 unspecified atom stereocenters. The Balaban J connectivity index is 0.00000196. The van der Waals surface area contributed by atoms with Crippen molar-refractivity contribution in [3.05, 3.63) is 65.6 Å². The van der Waals surface area contributed by atoms with Gasteiger partial charge in [-0.2, -0.15) is 0 Å². The van der Waals surface area contributed by atoms with E-state index in [4.69, 9.17) is 0 Å². The smallest absolute Gasteiger partial charge is 0.191 e. The lowest BCUT2D eigenvalue weighted by Gasteiger charge is -2.30. The molecule has 1 aromatic carbocycles. The first-order chi connectivity index (χ1) is 12.3. The summed E-state index contributed by atoms with van der Waals surface area (Å²) in [5, 5.41) is 15.2. The van der Waals surface area contributed by atoms with E-state index in [0.717, 1.165) is 36.9 Å². The first kappa shape index (κ1) is 18.6. The average molecular weight is 462 g/mol. The summed E-state index contributed by atoms with van der Waals surface area (Å²) in [7, 11) is 0. The predicted molar refractivity (Wildman–Crippen MR) is 114 cm³/mol. The van der Waals surface area contributed by atoms with E-state index in [1.807, 2.05) is 28.8 Å². The van der Waals surface area contributed by atoms with Gasteiger partial charge in [-0.15, -0.1) is 34.2 Å². The molecule has 1 atom stereocenters. The molecular formula is C19H23IN6. The van der Waals surface area contributed by atoms with Gasteiger partial charge in [0.1, 0.15) is 6.54 Å². The van der Waals surface area contributed by atoms with Gasteiger partial charge in [-0.25, -0.2) is 4.99 Å². The standard InChI is InChI=1S/C19H22N6.HI/c1-2-20-19(21-12-15-11-14-7-3-4-8-16(14)15)22-13-18-24-23-17-9-5-6-10-25(17)18;/h3-10,15H,2,11-13H2,1H3,(H2,20,21,22);1H. The van der Waals surface area contributed by atoms with Crippen LogP contribution in [0, 0.1) is 0 Å². The molecule has 6 nitrogen and oxygen atoms in total. The molecule has 136 valence electrons. The molecule has 4 rings (SSSR count). The topological polar surface area (TPSA) is 66.6 Å². The van der Waals surface area contributed by atoms with E-state index < -0.39 is 0 Å². The molecule has 2 heterocycles. The van der Waals surface area contributed by atoms with E-state index in [9.17, 15) is 0 Å². The normalized spacial score (nSPS) is 15.7. The maximum absolute atomic E-state index is 4.66. The Kier molecular flexibility index (Phi) is 6.08. The molecule has 0 amide bonds. The minimum atomic E-state index is 0. The first-order valence-corrected chi connectivity index (χ1v) is 8.73. The van der Waals surface area contributed by atoms with Crippen LogP contribution in [0.5, 0.6) is 0 Å². The molecular weight excluding hydrogens is 439 g/mol. The molecule has 0 bridgehead atoms. The monoisotopic (exact) mass is 462 g/mol. The van der Waals surface area contributed by atoms with E-state index in [2.05, 4.69) is 57.0 Å². The van der Waals surface area contributed by atoms with Crippen molar-refractivity contribution in [3.63, 3.8) is 0 Å². The van der Waals surface area contributed by atoms with Crippen molar-refractivity contribution in [3.8, 4) is 0 Å². The van der Waals surface area contributed by atoms with Crippen molar-refractivity contribution in [1.82, 2.24) is 25.2 Å². The number of nitrogens with zero attached hydrogens (tertiary/aromatic N) is 4. The van der Waals surface area contributed by atoms with Crippen LogP contribution >= 0.6 is 24.0 Å². The minimum Gasteiger partial charge on any atom is -0.357 e. The third kappa shape index (κ3) is 3.82. The fraction of sp³-hybridized carbons (Fsp3) is 0.316. The molecule has 0 saturated carbocycles. The maximum Gasteiger partial charge on any atom is 0.191 e. The van der Waals surface area contributed by atoms with Crippen molar-refractivity contribution in [2.75, 3.05) is 13.1 Å². The highest BCUT2D eigenvalue weighted by Crippen LogP contribution is 2.33. The van der Waals surface area contributed by atoms with Gasteiger partial charge in [-0.3, -0.25) is 4.40 Å². The van der Waals surface area contributed by atoms with E-state index in [-0.39, 0.29) is 24.0 Å². The highest BCUT2D eigenvalue weighted by atomic mass is 127. The third-order valence-electron chi connectivity index (χ3n) is 4.58. The van der Waals surface area contributed by atoms with Crippen molar-refractivity contribution < 1.29 is 0 Å². The zero-order valence-corrected chi connectivity index (χ0v) is 17.1. The number of rotatable bonds is 5. The summed E-state index contributed by atoms with van der Waals surface area (Å²) in [6, 6.07) is 14.5. The third-order valence-corrected chi connectivity index (χ3v) is 4.58. The van der Waals surface area contributed by atoms with Crippen LogP contribution in [0.1, 0.15) is 29.8 Å². The molecule has 0 saturated heterocycles. The molecule has 1 aliphatic rings. The summed E-state index contributed by atoms with van der Waals surface area (Å²) >= 11 is 0. The number of benzene rings is 1. The number of hydrogen-bond donors (Lipinski definition) is 2. The molecule has 0 aliphatic heterocycles. The van der Waals surface area contributed by atoms with Crippen LogP contribution < -0.4 is 10.6 Å². The molecule has 7 heteroatoms. The van der Waals surface area contributed by atoms with Gasteiger partial charge in [-0.1, -0.05) is 30.3 Å². The summed E-state index contributed by atoms with van der Waals surface area (Å²) in [6.07, 6.45) is 3.10. The van der Waals surface area contributed by atoms with Crippen molar-refractivity contribution in [2.24, 2.45) is 4.99 Å². The summed E-state index contributed by atoms with van der Waals surface area (Å²) in [6.45, 7) is 4.28. The minimum absolute atomic E-state index is 0. The van der Waals surface area contributed by atoms with Gasteiger partial charge in [0.05, 0.1) is 0 Å². The van der Waals surface area contributed by atoms with Crippen molar-refractivity contribution in [2.45, 2.75) is 25.8 Å². The molecule has 2 N–H and O–H groups in total. The largest absolute Gasteiger partial charge is 0.357 e. The maximum atomic E-state index is 4.66. The first-order valence-electron chi connectivity index (χ1n) is 8.73. The number of nitrogens with one attached hydrogen (secondary N) is 2. The van der Waals surface area contributed by atoms with Crippen LogP contribution in [0.15, 0.2) is 53.7 Å². The Bertz CT molecular complexity index is 904. The van der Waals surface area contributed by atoms with Crippen LogP contribution in [-0.2, 0) is 13.0 Å². The molecule has 0 spiro atoms. The highest BCUT2D eigenvalue weighted by Gasteiger charge is 2.25. The number of guanidine groups is 1. The summed E-state index contributed by atoms with van der Waals surface area (Å²) in [4.78, 5) is 4.66. The number of halogens is 1. The lowest BCUT2D eigenvalue weighted by Crippen LogP contribution is -2.41. The summed E-state index contributed by atoms with van der Waals surface area (Å²) in [5.74, 6) is 2.22. The van der Waals surface area contributed by atoms with E-state index in [1.54, 1.807) is 0 Å². The molecule has 26 heavy (non-hydrogen) atoms. The van der Waals surface area contributed by atoms with Crippen molar-refractivity contribution >= 4 is 35.6 Å². The van der Waals surface area contributed by atoms with Crippen LogP contribution in [-0.4, -0.2) is 33.6 Å². The highest BCUT2D eigenvalue weighted by molar-refractivity contribution is 14.0. The molecule has 2 aromatic heterocycles. The van der Waals surface area contributed by atoms with Gasteiger partial charge in [0.15, 0.2) is 17.4 Å². The SMILES string of the molecule is CCNC(=NCc1nnc2ccccn12)NCC1Cc2ccccc21.I. The van der Waals surface area contributed by atoms with Crippen LogP contribution in [0.2, 0.25) is 0 Å². The van der Waals surface area contributed by atoms with Gasteiger partial charge in [-0.05, 0) is 36.6 Å². The van der Waals surface area contributed by atoms with E-state index in [1.165, 1.54) is 11.1 Å². The fourth-order valence-electron chi connectivity index (χ4n) is 3.25. The fourth-order valence-corrected chi connectivity index (χ4v) is 3.25. The average Bonchev–Trinajstić information content (AvgIpc) is 3.03. The Labute approximate surface area is 170 Å². The predicted octanol–water partition coefficient (Wildman–Crippen LogP) is 2.74. The number of hydrogen-bond acceptors (Lipinski definition) is 3. The van der Waals surface area contributed by atoms with Crippen LogP contribution in [0.3, 0.4) is 0 Å². The summed E-state index contributed by atoms with van der Waals surface area (Å²) in [5.41, 5.74) is 3.76. The number of fused-ring (bicyclic) bond motifs is 2. The van der Waals surface area contributed by atoms with Crippen LogP contribution in [0.4, 0.5) is 0 Å². The zero-order chi connectivity index (χ0) is 17.1. The number of aliphatic imine (C=N–C) groups is 1. The summed E-state index contributed by atoms with van der Waals surface area (Å²) < 4.78 is 1.97. The Morgan fingerprint density at radius 3 is 2.85 bits per heavy atom. The van der Waals surface area contributed by atoms with Gasteiger partial charge in [0.25, 0.3) is 0 Å². The molecule has 0 fully saturated rings. The lowest BCUT2D eigenvalue weighted by atomic mass is 9.78. The van der Waals surface area contributed by atoms with Crippen LogP contribution in [0.25, 0.3) is 5.65 Å². The van der Waals surface area contributed by atoms with Gasteiger partial charge in [0, 0.05) is 25.2 Å². The Morgan fingerprint density at radius 1 is 1.15 bits per heavy atom. The second-order valence-electron chi connectivity index (χ2n) is 6.22. The number of aromatic nitrogens is 3. The quantitative estimate of drug-likeness (QED) is 0.348. The van der Waals surface area contributed by atoms with Gasteiger partial charge < -0.3 is 10.6 Å².